The normalized spacial score (nSPS) is 22.1. The second-order valence-corrected chi connectivity index (χ2v) is 4.99. The number of rotatable bonds is 1. The highest BCUT2D eigenvalue weighted by Gasteiger charge is 2.30. The average molecular weight is 247 g/mol. The standard InChI is InChI=1S/C11H12F3NS/c12-11(13,14)9-3-1-8(2-4-9)10-7-15-5-6-16-10/h1-4,10,15H,5-7H2/t10-/m0/s1. The van der Waals surface area contributed by atoms with E-state index in [9.17, 15) is 13.2 Å². The Labute approximate surface area is 96.4 Å². The van der Waals surface area contributed by atoms with Crippen LogP contribution in [0.5, 0.6) is 0 Å². The van der Waals surface area contributed by atoms with Crippen LogP contribution in [0, 0.1) is 0 Å². The first kappa shape index (κ1) is 11.8. The molecule has 0 bridgehead atoms. The molecular formula is C11H12F3NS. The maximum atomic E-state index is 12.3. The van der Waals surface area contributed by atoms with E-state index >= 15 is 0 Å². The van der Waals surface area contributed by atoms with Gasteiger partial charge in [0, 0.05) is 24.1 Å². The van der Waals surface area contributed by atoms with Crippen LogP contribution < -0.4 is 5.32 Å². The Bertz CT molecular complexity index is 341. The molecule has 1 saturated heterocycles. The zero-order valence-corrected chi connectivity index (χ0v) is 9.37. The van der Waals surface area contributed by atoms with Gasteiger partial charge in [0.25, 0.3) is 0 Å². The van der Waals surface area contributed by atoms with Gasteiger partial charge >= 0.3 is 6.18 Å². The summed E-state index contributed by atoms with van der Waals surface area (Å²) in [5.41, 5.74) is 0.384. The number of alkyl halides is 3. The minimum atomic E-state index is -4.24. The fourth-order valence-corrected chi connectivity index (χ4v) is 2.80. The first-order valence-electron chi connectivity index (χ1n) is 5.07. The van der Waals surface area contributed by atoms with Crippen LogP contribution in [0.1, 0.15) is 16.4 Å². The van der Waals surface area contributed by atoms with Crippen LogP contribution in [0.4, 0.5) is 13.2 Å². The van der Waals surface area contributed by atoms with E-state index in [1.807, 2.05) is 0 Å². The highest BCUT2D eigenvalue weighted by molar-refractivity contribution is 7.99. The van der Waals surface area contributed by atoms with E-state index in [2.05, 4.69) is 5.32 Å². The average Bonchev–Trinajstić information content (AvgIpc) is 2.29. The van der Waals surface area contributed by atoms with Gasteiger partial charge in [0.2, 0.25) is 0 Å². The van der Waals surface area contributed by atoms with Gasteiger partial charge in [0.05, 0.1) is 5.56 Å². The van der Waals surface area contributed by atoms with Crippen molar-refractivity contribution < 1.29 is 13.2 Å². The molecule has 0 amide bonds. The molecule has 0 aliphatic carbocycles. The fourth-order valence-electron chi connectivity index (χ4n) is 1.67. The second kappa shape index (κ2) is 4.67. The van der Waals surface area contributed by atoms with Crippen LogP contribution >= 0.6 is 11.8 Å². The minimum Gasteiger partial charge on any atom is -0.314 e. The van der Waals surface area contributed by atoms with Gasteiger partial charge < -0.3 is 5.32 Å². The van der Waals surface area contributed by atoms with Crippen LogP contribution in [-0.2, 0) is 6.18 Å². The second-order valence-electron chi connectivity index (χ2n) is 3.68. The van der Waals surface area contributed by atoms with E-state index in [0.717, 1.165) is 36.5 Å². The Kier molecular flexibility index (Phi) is 3.44. The predicted molar refractivity (Wildman–Crippen MR) is 59.5 cm³/mol. The minimum absolute atomic E-state index is 0.274. The molecule has 0 aromatic heterocycles. The van der Waals surface area contributed by atoms with Crippen LogP contribution in [0.3, 0.4) is 0 Å². The van der Waals surface area contributed by atoms with Crippen molar-refractivity contribution in [3.63, 3.8) is 0 Å². The van der Waals surface area contributed by atoms with Gasteiger partial charge in [-0.05, 0) is 17.7 Å². The SMILES string of the molecule is FC(F)(F)c1ccc([C@@H]2CNCCS2)cc1. The molecule has 1 aliphatic heterocycles. The molecule has 2 rings (SSSR count). The molecule has 1 N–H and O–H groups in total. The number of thioether (sulfide) groups is 1. The fraction of sp³-hybridized carbons (Fsp3) is 0.455. The summed E-state index contributed by atoms with van der Waals surface area (Å²) >= 11 is 1.79. The van der Waals surface area contributed by atoms with E-state index in [0.29, 0.717) is 0 Å². The molecule has 0 saturated carbocycles. The van der Waals surface area contributed by atoms with Crippen molar-refractivity contribution in [3.8, 4) is 0 Å². The summed E-state index contributed by atoms with van der Waals surface area (Å²) in [6.07, 6.45) is -4.24. The van der Waals surface area contributed by atoms with Gasteiger partial charge in [-0.15, -0.1) is 0 Å². The third-order valence-electron chi connectivity index (χ3n) is 2.54. The highest BCUT2D eigenvalue weighted by atomic mass is 32.2. The van der Waals surface area contributed by atoms with Crippen molar-refractivity contribution >= 4 is 11.8 Å². The van der Waals surface area contributed by atoms with Crippen molar-refractivity contribution in [2.24, 2.45) is 0 Å². The third-order valence-corrected chi connectivity index (χ3v) is 3.82. The summed E-state index contributed by atoms with van der Waals surface area (Å²) in [5.74, 6) is 1.01. The van der Waals surface area contributed by atoms with Crippen LogP contribution in [-0.4, -0.2) is 18.8 Å². The molecule has 1 atom stereocenters. The van der Waals surface area contributed by atoms with Crippen molar-refractivity contribution in [3.05, 3.63) is 35.4 Å². The van der Waals surface area contributed by atoms with Crippen molar-refractivity contribution in [2.75, 3.05) is 18.8 Å². The molecule has 1 aliphatic rings. The van der Waals surface area contributed by atoms with Gasteiger partial charge in [-0.2, -0.15) is 24.9 Å². The zero-order valence-electron chi connectivity index (χ0n) is 8.55. The molecule has 0 spiro atoms. The Hall–Kier alpha value is -0.680. The lowest BCUT2D eigenvalue weighted by Crippen LogP contribution is -2.28. The van der Waals surface area contributed by atoms with Crippen LogP contribution in [0.15, 0.2) is 24.3 Å². The molecule has 1 fully saturated rings. The van der Waals surface area contributed by atoms with Gasteiger partial charge in [-0.3, -0.25) is 0 Å². The number of hydrogen-bond donors (Lipinski definition) is 1. The maximum Gasteiger partial charge on any atom is 0.416 e. The van der Waals surface area contributed by atoms with Crippen LogP contribution in [0.2, 0.25) is 0 Å². The zero-order chi connectivity index (χ0) is 11.6. The summed E-state index contributed by atoms with van der Waals surface area (Å²) in [7, 11) is 0. The maximum absolute atomic E-state index is 12.3. The summed E-state index contributed by atoms with van der Waals surface area (Å²) in [5, 5.41) is 3.51. The monoisotopic (exact) mass is 247 g/mol. The number of halogens is 3. The van der Waals surface area contributed by atoms with E-state index in [1.54, 1.807) is 23.9 Å². The topological polar surface area (TPSA) is 12.0 Å². The number of hydrogen-bond acceptors (Lipinski definition) is 2. The van der Waals surface area contributed by atoms with Gasteiger partial charge in [0.15, 0.2) is 0 Å². The quantitative estimate of drug-likeness (QED) is 0.818. The lowest BCUT2D eigenvalue weighted by Gasteiger charge is -2.23. The molecule has 1 nitrogen and oxygen atoms in total. The molecule has 1 aromatic carbocycles. The molecule has 0 unspecified atom stereocenters. The van der Waals surface area contributed by atoms with Gasteiger partial charge in [0.1, 0.15) is 0 Å². The molecular weight excluding hydrogens is 235 g/mol. The van der Waals surface area contributed by atoms with E-state index in [-0.39, 0.29) is 5.25 Å². The van der Waals surface area contributed by atoms with E-state index in [1.165, 1.54) is 0 Å². The lowest BCUT2D eigenvalue weighted by molar-refractivity contribution is -0.137. The Morgan fingerprint density at radius 2 is 1.88 bits per heavy atom. The van der Waals surface area contributed by atoms with Gasteiger partial charge in [-0.25, -0.2) is 0 Å². The van der Waals surface area contributed by atoms with Gasteiger partial charge in [-0.1, -0.05) is 12.1 Å². The van der Waals surface area contributed by atoms with E-state index < -0.39 is 11.7 Å². The van der Waals surface area contributed by atoms with Crippen LogP contribution in [0.25, 0.3) is 0 Å². The lowest BCUT2D eigenvalue weighted by atomic mass is 10.1. The summed E-state index contributed by atoms with van der Waals surface area (Å²) in [6, 6.07) is 5.47. The summed E-state index contributed by atoms with van der Waals surface area (Å²) < 4.78 is 37.0. The smallest absolute Gasteiger partial charge is 0.314 e. The summed E-state index contributed by atoms with van der Waals surface area (Å²) in [4.78, 5) is 0. The Morgan fingerprint density at radius 1 is 1.19 bits per heavy atom. The molecule has 88 valence electrons. The first-order valence-corrected chi connectivity index (χ1v) is 6.12. The number of nitrogens with one attached hydrogen (secondary N) is 1. The third kappa shape index (κ3) is 2.71. The number of benzene rings is 1. The Morgan fingerprint density at radius 3 is 2.38 bits per heavy atom. The molecule has 5 heteroatoms. The van der Waals surface area contributed by atoms with E-state index in [4.69, 9.17) is 0 Å². The largest absolute Gasteiger partial charge is 0.416 e. The van der Waals surface area contributed by atoms with Crippen molar-refractivity contribution in [1.29, 1.82) is 0 Å². The Balaban J connectivity index is 2.12. The first-order chi connectivity index (χ1) is 7.57. The van der Waals surface area contributed by atoms with Crippen molar-refractivity contribution in [2.45, 2.75) is 11.4 Å². The molecule has 1 heterocycles. The predicted octanol–water partition coefficient (Wildman–Crippen LogP) is 3.08. The van der Waals surface area contributed by atoms with Crippen molar-refractivity contribution in [1.82, 2.24) is 5.32 Å². The molecule has 1 aromatic rings. The molecule has 16 heavy (non-hydrogen) atoms. The summed E-state index contributed by atoms with van der Waals surface area (Å²) in [6.45, 7) is 1.80. The highest BCUT2D eigenvalue weighted by Crippen LogP contribution is 2.33. The molecule has 0 radical (unpaired) electrons.